The van der Waals surface area contributed by atoms with E-state index in [0.717, 1.165) is 15.9 Å². The molecule has 1 heterocycles. The highest BCUT2D eigenvalue weighted by Crippen LogP contribution is 2.24. The quantitative estimate of drug-likeness (QED) is 0.795. The van der Waals surface area contributed by atoms with E-state index in [1.807, 2.05) is 24.4 Å². The van der Waals surface area contributed by atoms with Gasteiger partial charge in [-0.25, -0.2) is 4.98 Å². The number of nitrogen functional groups attached to an aromatic ring is 1. The number of aryl methyl sites for hydroxylation is 1. The van der Waals surface area contributed by atoms with Crippen LogP contribution in [0.4, 0.5) is 11.4 Å². The molecule has 0 aliphatic rings. The molecule has 0 saturated carbocycles. The lowest BCUT2D eigenvalue weighted by molar-refractivity contribution is -0.117. The summed E-state index contributed by atoms with van der Waals surface area (Å²) in [7, 11) is 1.91. The average molecular weight is 369 g/mol. The molecular formula is C14H17BrN4OS. The molecule has 2 rings (SSSR count). The Labute approximate surface area is 136 Å². The van der Waals surface area contributed by atoms with Crippen molar-refractivity contribution in [3.63, 3.8) is 0 Å². The van der Waals surface area contributed by atoms with Crippen LogP contribution >= 0.6 is 27.3 Å². The summed E-state index contributed by atoms with van der Waals surface area (Å²) in [6, 6.07) is 5.30. The number of nitrogens with one attached hydrogen (secondary N) is 1. The van der Waals surface area contributed by atoms with Crippen LogP contribution < -0.4 is 11.1 Å². The molecule has 0 spiro atoms. The third-order valence-corrected chi connectivity index (χ3v) is 4.52. The SMILES string of the molecule is Cc1ncsc1CN(C)CC(=O)Nc1ccc(N)cc1Br. The Morgan fingerprint density at radius 2 is 2.29 bits per heavy atom. The molecule has 0 unspecified atom stereocenters. The summed E-state index contributed by atoms with van der Waals surface area (Å²) in [5.74, 6) is -0.0647. The number of benzene rings is 1. The molecule has 0 fully saturated rings. The normalized spacial score (nSPS) is 10.9. The number of hydrogen-bond acceptors (Lipinski definition) is 5. The standard InChI is InChI=1S/C14H17BrN4OS/c1-9-13(21-8-17-9)6-19(2)7-14(20)18-12-4-3-10(16)5-11(12)15/h3-5,8H,6-7,16H2,1-2H3,(H,18,20). The molecule has 21 heavy (non-hydrogen) atoms. The number of thiazole rings is 1. The van der Waals surface area contributed by atoms with Crippen LogP contribution in [0.3, 0.4) is 0 Å². The van der Waals surface area contributed by atoms with Crippen LogP contribution in [0.25, 0.3) is 0 Å². The highest BCUT2D eigenvalue weighted by Gasteiger charge is 2.11. The van der Waals surface area contributed by atoms with Gasteiger partial charge in [0, 0.05) is 21.6 Å². The van der Waals surface area contributed by atoms with Gasteiger partial charge in [0.25, 0.3) is 0 Å². The van der Waals surface area contributed by atoms with Gasteiger partial charge in [-0.15, -0.1) is 11.3 Å². The van der Waals surface area contributed by atoms with E-state index in [2.05, 4.69) is 26.2 Å². The van der Waals surface area contributed by atoms with E-state index < -0.39 is 0 Å². The Morgan fingerprint density at radius 3 is 2.90 bits per heavy atom. The molecule has 0 aliphatic carbocycles. The maximum Gasteiger partial charge on any atom is 0.238 e. The van der Waals surface area contributed by atoms with E-state index >= 15 is 0 Å². The van der Waals surface area contributed by atoms with E-state index in [-0.39, 0.29) is 5.91 Å². The number of aromatic nitrogens is 1. The van der Waals surface area contributed by atoms with Crippen molar-refractivity contribution in [3.8, 4) is 0 Å². The molecule has 1 aromatic carbocycles. The Morgan fingerprint density at radius 1 is 1.52 bits per heavy atom. The van der Waals surface area contributed by atoms with Crippen LogP contribution in [0.1, 0.15) is 10.6 Å². The third-order valence-electron chi connectivity index (χ3n) is 2.94. The van der Waals surface area contributed by atoms with Crippen LogP contribution in [-0.4, -0.2) is 29.4 Å². The topological polar surface area (TPSA) is 71.2 Å². The molecule has 0 saturated heterocycles. The van der Waals surface area contributed by atoms with Crippen LogP contribution in [0.5, 0.6) is 0 Å². The summed E-state index contributed by atoms with van der Waals surface area (Å²) in [6.07, 6.45) is 0. The number of halogens is 1. The molecule has 0 bridgehead atoms. The van der Waals surface area contributed by atoms with Gasteiger partial charge in [-0.3, -0.25) is 9.69 Å². The molecule has 1 aromatic heterocycles. The molecule has 5 nitrogen and oxygen atoms in total. The van der Waals surface area contributed by atoms with Crippen LogP contribution in [0, 0.1) is 6.92 Å². The monoisotopic (exact) mass is 368 g/mol. The lowest BCUT2D eigenvalue weighted by atomic mass is 10.3. The van der Waals surface area contributed by atoms with Crippen molar-refractivity contribution in [2.24, 2.45) is 0 Å². The number of nitrogens with two attached hydrogens (primary N) is 1. The van der Waals surface area contributed by atoms with Gasteiger partial charge in [-0.05, 0) is 48.1 Å². The minimum absolute atomic E-state index is 0.0647. The number of anilines is 2. The molecule has 0 radical (unpaired) electrons. The first-order valence-electron chi connectivity index (χ1n) is 6.38. The molecule has 2 aromatic rings. The van der Waals surface area contributed by atoms with E-state index in [9.17, 15) is 4.79 Å². The zero-order valence-electron chi connectivity index (χ0n) is 11.9. The highest BCUT2D eigenvalue weighted by molar-refractivity contribution is 9.10. The predicted molar refractivity (Wildman–Crippen MR) is 90.4 cm³/mol. The van der Waals surface area contributed by atoms with Gasteiger partial charge in [-0.2, -0.15) is 0 Å². The first-order valence-corrected chi connectivity index (χ1v) is 8.05. The fourth-order valence-corrected chi connectivity index (χ4v) is 3.20. The molecule has 3 N–H and O–H groups in total. The minimum atomic E-state index is -0.0647. The Kier molecular flexibility index (Phi) is 5.33. The lowest BCUT2D eigenvalue weighted by Gasteiger charge is -2.16. The fourth-order valence-electron chi connectivity index (χ4n) is 1.85. The molecule has 7 heteroatoms. The summed E-state index contributed by atoms with van der Waals surface area (Å²) in [5, 5.41) is 2.87. The first kappa shape index (κ1) is 15.9. The zero-order chi connectivity index (χ0) is 15.4. The van der Waals surface area contributed by atoms with Crippen LogP contribution in [0.2, 0.25) is 0 Å². The van der Waals surface area contributed by atoms with Crippen molar-refractivity contribution < 1.29 is 4.79 Å². The number of nitrogens with zero attached hydrogens (tertiary/aromatic N) is 2. The molecular weight excluding hydrogens is 352 g/mol. The Bertz CT molecular complexity index is 644. The van der Waals surface area contributed by atoms with E-state index in [1.54, 1.807) is 29.5 Å². The van der Waals surface area contributed by atoms with Gasteiger partial charge in [0.1, 0.15) is 0 Å². The number of amides is 1. The van der Waals surface area contributed by atoms with Gasteiger partial charge in [0.05, 0.1) is 23.4 Å². The largest absolute Gasteiger partial charge is 0.399 e. The van der Waals surface area contributed by atoms with Gasteiger partial charge < -0.3 is 11.1 Å². The second-order valence-corrected chi connectivity index (χ2v) is 6.61. The van der Waals surface area contributed by atoms with Gasteiger partial charge in [-0.1, -0.05) is 0 Å². The summed E-state index contributed by atoms with van der Waals surface area (Å²) in [5.41, 5.74) is 9.89. The smallest absolute Gasteiger partial charge is 0.238 e. The summed E-state index contributed by atoms with van der Waals surface area (Å²) in [4.78, 5) is 19.4. The van der Waals surface area contributed by atoms with E-state index in [0.29, 0.717) is 18.8 Å². The average Bonchev–Trinajstić information content (AvgIpc) is 2.78. The van der Waals surface area contributed by atoms with Gasteiger partial charge in [0.2, 0.25) is 5.91 Å². The van der Waals surface area contributed by atoms with E-state index in [4.69, 9.17) is 5.73 Å². The van der Waals surface area contributed by atoms with Gasteiger partial charge >= 0.3 is 0 Å². The molecule has 0 atom stereocenters. The number of likely N-dealkylation sites (N-methyl/N-ethyl adjacent to an activating group) is 1. The van der Waals surface area contributed by atoms with Crippen molar-refractivity contribution in [2.75, 3.05) is 24.6 Å². The summed E-state index contributed by atoms with van der Waals surface area (Å²) >= 11 is 4.99. The number of hydrogen-bond donors (Lipinski definition) is 2. The second-order valence-electron chi connectivity index (χ2n) is 4.82. The second kappa shape index (κ2) is 7.02. The molecule has 112 valence electrons. The van der Waals surface area contributed by atoms with Crippen LogP contribution in [-0.2, 0) is 11.3 Å². The van der Waals surface area contributed by atoms with Crippen molar-refractivity contribution in [2.45, 2.75) is 13.5 Å². The van der Waals surface area contributed by atoms with Crippen molar-refractivity contribution in [1.29, 1.82) is 0 Å². The van der Waals surface area contributed by atoms with E-state index in [1.165, 1.54) is 4.88 Å². The minimum Gasteiger partial charge on any atom is -0.399 e. The summed E-state index contributed by atoms with van der Waals surface area (Å²) < 4.78 is 0.775. The molecule has 1 amide bonds. The first-order chi connectivity index (χ1) is 9.95. The maximum absolute atomic E-state index is 12.1. The fraction of sp³-hybridized carbons (Fsp3) is 0.286. The Balaban J connectivity index is 1.90. The Hall–Kier alpha value is -1.44. The zero-order valence-corrected chi connectivity index (χ0v) is 14.3. The van der Waals surface area contributed by atoms with Crippen LogP contribution in [0.15, 0.2) is 28.2 Å². The third kappa shape index (κ3) is 4.52. The lowest BCUT2D eigenvalue weighted by Crippen LogP contribution is -2.29. The number of rotatable bonds is 5. The van der Waals surface area contributed by atoms with Gasteiger partial charge in [0.15, 0.2) is 0 Å². The van der Waals surface area contributed by atoms with Crippen molar-refractivity contribution in [1.82, 2.24) is 9.88 Å². The maximum atomic E-state index is 12.1. The summed E-state index contributed by atoms with van der Waals surface area (Å²) in [6.45, 7) is 3.01. The van der Waals surface area contributed by atoms with Crippen molar-refractivity contribution >= 4 is 44.5 Å². The highest BCUT2D eigenvalue weighted by atomic mass is 79.9. The molecule has 0 aliphatic heterocycles. The van der Waals surface area contributed by atoms with Crippen molar-refractivity contribution in [3.05, 3.63) is 38.8 Å². The number of carbonyl (C=O) groups excluding carboxylic acids is 1. The predicted octanol–water partition coefficient (Wildman–Crippen LogP) is 2.87. The number of carbonyl (C=O) groups is 1.